The standard InChI is InChI=1S/C13H16N2O4/c1-8(16)13(9(2)17)15-14-11-7-10(18-3)5-6-12(11)19-4/h5-7,16H,1-4H3. The summed E-state index contributed by atoms with van der Waals surface area (Å²) in [6.45, 7) is 2.68. The zero-order valence-electron chi connectivity index (χ0n) is 11.3. The van der Waals surface area contributed by atoms with E-state index in [9.17, 15) is 9.90 Å². The van der Waals surface area contributed by atoms with Crippen molar-refractivity contribution in [3.63, 3.8) is 0 Å². The first-order valence-corrected chi connectivity index (χ1v) is 5.54. The minimum Gasteiger partial charge on any atom is -0.510 e. The Bertz CT molecular complexity index is 531. The van der Waals surface area contributed by atoms with E-state index in [0.717, 1.165) is 0 Å². The molecule has 0 saturated heterocycles. The lowest BCUT2D eigenvalue weighted by Gasteiger charge is -2.06. The summed E-state index contributed by atoms with van der Waals surface area (Å²) in [6.07, 6.45) is 0. The number of benzene rings is 1. The minimum absolute atomic E-state index is 0.0927. The van der Waals surface area contributed by atoms with Gasteiger partial charge in [-0.05, 0) is 19.1 Å². The monoisotopic (exact) mass is 264 g/mol. The highest BCUT2D eigenvalue weighted by Crippen LogP contribution is 2.32. The maximum Gasteiger partial charge on any atom is 0.183 e. The van der Waals surface area contributed by atoms with Gasteiger partial charge in [0.05, 0.1) is 14.2 Å². The molecule has 19 heavy (non-hydrogen) atoms. The van der Waals surface area contributed by atoms with Crippen molar-refractivity contribution in [2.75, 3.05) is 14.2 Å². The molecule has 102 valence electrons. The molecule has 1 aromatic rings. The topological polar surface area (TPSA) is 80.5 Å². The summed E-state index contributed by atoms with van der Waals surface area (Å²) in [4.78, 5) is 11.3. The molecule has 0 spiro atoms. The van der Waals surface area contributed by atoms with E-state index < -0.39 is 0 Å². The van der Waals surface area contributed by atoms with Crippen LogP contribution < -0.4 is 9.47 Å². The van der Waals surface area contributed by atoms with E-state index >= 15 is 0 Å². The molecule has 6 nitrogen and oxygen atoms in total. The first-order chi connectivity index (χ1) is 8.99. The second kappa shape index (κ2) is 6.53. The fraction of sp³-hybridized carbons (Fsp3) is 0.308. The smallest absolute Gasteiger partial charge is 0.183 e. The van der Waals surface area contributed by atoms with Gasteiger partial charge in [0.2, 0.25) is 0 Å². The van der Waals surface area contributed by atoms with Crippen LogP contribution in [-0.2, 0) is 4.79 Å². The lowest BCUT2D eigenvalue weighted by Crippen LogP contribution is -1.96. The van der Waals surface area contributed by atoms with Crippen LogP contribution in [-0.4, -0.2) is 25.1 Å². The molecular weight excluding hydrogens is 248 g/mol. The number of carbonyl (C=O) groups is 1. The average Bonchev–Trinajstić information content (AvgIpc) is 2.37. The number of ketones is 1. The Morgan fingerprint density at radius 2 is 1.89 bits per heavy atom. The average molecular weight is 264 g/mol. The number of aliphatic hydroxyl groups is 1. The minimum atomic E-state index is -0.370. The zero-order chi connectivity index (χ0) is 14.4. The molecule has 0 unspecified atom stereocenters. The zero-order valence-corrected chi connectivity index (χ0v) is 11.3. The number of hydrogen-bond acceptors (Lipinski definition) is 6. The third-order valence-electron chi connectivity index (χ3n) is 2.32. The van der Waals surface area contributed by atoms with Gasteiger partial charge in [0.1, 0.15) is 22.9 Å². The van der Waals surface area contributed by atoms with Crippen molar-refractivity contribution < 1.29 is 19.4 Å². The summed E-state index contributed by atoms with van der Waals surface area (Å²) >= 11 is 0. The van der Waals surface area contributed by atoms with E-state index in [2.05, 4.69) is 10.2 Å². The van der Waals surface area contributed by atoms with Gasteiger partial charge in [-0.15, -0.1) is 10.2 Å². The normalized spacial score (nSPS) is 12.2. The van der Waals surface area contributed by atoms with Crippen LogP contribution in [0.2, 0.25) is 0 Å². The lowest BCUT2D eigenvalue weighted by atomic mass is 10.3. The molecule has 0 radical (unpaired) electrons. The van der Waals surface area contributed by atoms with Crippen molar-refractivity contribution in [1.82, 2.24) is 0 Å². The SMILES string of the molecule is COc1ccc(OC)c(N=NC(C(C)=O)=C(C)O)c1. The molecule has 0 fully saturated rings. The highest BCUT2D eigenvalue weighted by molar-refractivity contribution is 5.93. The number of carbonyl (C=O) groups excluding carboxylic acids is 1. The molecule has 0 atom stereocenters. The van der Waals surface area contributed by atoms with Gasteiger partial charge < -0.3 is 14.6 Å². The molecule has 0 aromatic heterocycles. The van der Waals surface area contributed by atoms with Crippen LogP contribution in [0.5, 0.6) is 11.5 Å². The van der Waals surface area contributed by atoms with Gasteiger partial charge in [-0.1, -0.05) is 0 Å². The van der Waals surface area contributed by atoms with Crippen LogP contribution >= 0.6 is 0 Å². The molecule has 0 saturated carbocycles. The van der Waals surface area contributed by atoms with Gasteiger partial charge in [0, 0.05) is 13.0 Å². The Kier molecular flexibility index (Phi) is 5.05. The number of methoxy groups -OCH3 is 2. The molecule has 1 N–H and O–H groups in total. The largest absolute Gasteiger partial charge is 0.510 e. The summed E-state index contributed by atoms with van der Waals surface area (Å²) in [7, 11) is 3.03. The van der Waals surface area contributed by atoms with E-state index in [1.54, 1.807) is 18.2 Å². The Balaban J connectivity index is 3.17. The van der Waals surface area contributed by atoms with Crippen molar-refractivity contribution in [1.29, 1.82) is 0 Å². The Morgan fingerprint density at radius 3 is 2.37 bits per heavy atom. The van der Waals surface area contributed by atoms with Crippen LogP contribution in [0, 0.1) is 0 Å². The maximum atomic E-state index is 11.3. The summed E-state index contributed by atoms with van der Waals surface area (Å²) in [5, 5.41) is 17.0. The van der Waals surface area contributed by atoms with E-state index in [1.165, 1.54) is 28.1 Å². The summed E-state index contributed by atoms with van der Waals surface area (Å²) < 4.78 is 10.2. The number of Topliss-reactive ketones (excluding diaryl/α,β-unsaturated/α-hetero) is 1. The predicted octanol–water partition coefficient (Wildman–Crippen LogP) is 3.17. The maximum absolute atomic E-state index is 11.3. The van der Waals surface area contributed by atoms with Gasteiger partial charge in [-0.2, -0.15) is 0 Å². The van der Waals surface area contributed by atoms with Gasteiger partial charge in [0.25, 0.3) is 0 Å². The Morgan fingerprint density at radius 1 is 1.21 bits per heavy atom. The number of rotatable bonds is 5. The number of allylic oxidation sites excluding steroid dienone is 2. The summed E-state index contributed by atoms with van der Waals surface area (Å²) in [5.41, 5.74) is 0.312. The second-order valence-electron chi connectivity index (χ2n) is 3.73. The van der Waals surface area contributed by atoms with Crippen LogP contribution in [0.1, 0.15) is 13.8 Å². The van der Waals surface area contributed by atoms with E-state index in [0.29, 0.717) is 17.2 Å². The molecule has 0 aliphatic heterocycles. The van der Waals surface area contributed by atoms with Crippen molar-refractivity contribution in [3.05, 3.63) is 29.7 Å². The first-order valence-electron chi connectivity index (χ1n) is 5.54. The van der Waals surface area contributed by atoms with Crippen LogP contribution in [0.15, 0.2) is 39.9 Å². The lowest BCUT2D eigenvalue weighted by molar-refractivity contribution is -0.113. The van der Waals surface area contributed by atoms with Crippen LogP contribution in [0.4, 0.5) is 5.69 Å². The fourth-order valence-corrected chi connectivity index (χ4v) is 1.38. The van der Waals surface area contributed by atoms with Crippen molar-refractivity contribution in [2.45, 2.75) is 13.8 Å². The number of aliphatic hydroxyl groups excluding tert-OH is 1. The van der Waals surface area contributed by atoms with E-state index in [-0.39, 0.29) is 17.2 Å². The first kappa shape index (κ1) is 14.7. The van der Waals surface area contributed by atoms with E-state index in [4.69, 9.17) is 9.47 Å². The number of nitrogens with zero attached hydrogens (tertiary/aromatic N) is 2. The molecule has 6 heteroatoms. The number of hydrogen-bond donors (Lipinski definition) is 1. The third kappa shape index (κ3) is 3.80. The van der Waals surface area contributed by atoms with Gasteiger partial charge in [0.15, 0.2) is 11.5 Å². The Hall–Kier alpha value is -2.37. The van der Waals surface area contributed by atoms with Gasteiger partial charge in [-0.25, -0.2) is 0 Å². The molecule has 0 amide bonds. The second-order valence-corrected chi connectivity index (χ2v) is 3.73. The molecule has 0 heterocycles. The highest BCUT2D eigenvalue weighted by Gasteiger charge is 2.08. The van der Waals surface area contributed by atoms with E-state index in [1.807, 2.05) is 0 Å². The quantitative estimate of drug-likeness (QED) is 0.503. The van der Waals surface area contributed by atoms with Crippen molar-refractivity contribution in [2.24, 2.45) is 10.2 Å². The van der Waals surface area contributed by atoms with Gasteiger partial charge in [-0.3, -0.25) is 4.79 Å². The molecule has 1 aromatic carbocycles. The predicted molar refractivity (Wildman–Crippen MR) is 70.1 cm³/mol. The van der Waals surface area contributed by atoms with Crippen LogP contribution in [0.3, 0.4) is 0 Å². The van der Waals surface area contributed by atoms with Crippen molar-refractivity contribution in [3.8, 4) is 11.5 Å². The van der Waals surface area contributed by atoms with Crippen molar-refractivity contribution >= 4 is 11.5 Å². The molecule has 0 aliphatic carbocycles. The molecule has 1 rings (SSSR count). The Labute approximate surface area is 111 Å². The molecular formula is C13H16N2O4. The molecule has 0 bridgehead atoms. The summed E-state index contributed by atoms with van der Waals surface area (Å²) in [6, 6.07) is 5.01. The number of azo groups is 1. The number of ether oxygens (including phenoxy) is 2. The van der Waals surface area contributed by atoms with Gasteiger partial charge >= 0.3 is 0 Å². The highest BCUT2D eigenvalue weighted by atomic mass is 16.5. The third-order valence-corrected chi connectivity index (χ3v) is 2.32. The fourth-order valence-electron chi connectivity index (χ4n) is 1.38. The van der Waals surface area contributed by atoms with Crippen LogP contribution in [0.25, 0.3) is 0 Å². The summed E-state index contributed by atoms with van der Waals surface area (Å²) in [5.74, 6) is 0.524. The molecule has 0 aliphatic rings.